The van der Waals surface area contributed by atoms with E-state index in [0.29, 0.717) is 18.0 Å². The van der Waals surface area contributed by atoms with E-state index in [-0.39, 0.29) is 11.8 Å². The normalized spacial score (nSPS) is 12.8. The van der Waals surface area contributed by atoms with Gasteiger partial charge in [0.25, 0.3) is 0 Å². The van der Waals surface area contributed by atoms with Gasteiger partial charge in [0, 0.05) is 6.54 Å². The molecule has 0 saturated heterocycles. The van der Waals surface area contributed by atoms with Crippen molar-refractivity contribution >= 4 is 5.78 Å². The molecule has 0 aliphatic rings. The van der Waals surface area contributed by atoms with Gasteiger partial charge in [-0.05, 0) is 28.1 Å². The molecule has 0 aliphatic heterocycles. The minimum absolute atomic E-state index is 0.00870. The Labute approximate surface area is 108 Å². The summed E-state index contributed by atoms with van der Waals surface area (Å²) < 4.78 is 6.91. The molecule has 0 saturated carbocycles. The van der Waals surface area contributed by atoms with E-state index >= 15 is 0 Å². The molecule has 0 fully saturated rings. The third kappa shape index (κ3) is 3.30. The summed E-state index contributed by atoms with van der Waals surface area (Å²) in [6, 6.07) is -0.256. The Morgan fingerprint density at radius 1 is 1.61 bits per heavy atom. The molecule has 1 unspecified atom stereocenters. The molecule has 0 aliphatic carbocycles. The van der Waals surface area contributed by atoms with Gasteiger partial charge in [-0.2, -0.15) is 5.10 Å². The number of nitrogens with zero attached hydrogens (tertiary/aromatic N) is 3. The van der Waals surface area contributed by atoms with Crippen LogP contribution in [0.4, 0.5) is 0 Å². The number of ketones is 1. The van der Waals surface area contributed by atoms with Gasteiger partial charge in [0.05, 0.1) is 25.9 Å². The van der Waals surface area contributed by atoms with Crippen molar-refractivity contribution in [3.63, 3.8) is 0 Å². The van der Waals surface area contributed by atoms with Crippen molar-refractivity contribution in [3.05, 3.63) is 11.9 Å². The molecule has 6 heteroatoms. The largest absolute Gasteiger partial charge is 0.493 e. The van der Waals surface area contributed by atoms with Crippen molar-refractivity contribution in [2.45, 2.75) is 19.5 Å². The van der Waals surface area contributed by atoms with Gasteiger partial charge in [0.2, 0.25) is 5.78 Å². The zero-order valence-electron chi connectivity index (χ0n) is 11.7. The zero-order chi connectivity index (χ0) is 13.7. The monoisotopic (exact) mass is 254 g/mol. The van der Waals surface area contributed by atoms with E-state index in [1.807, 2.05) is 25.9 Å². The second-order valence-corrected chi connectivity index (χ2v) is 4.46. The molecule has 0 bridgehead atoms. The van der Waals surface area contributed by atoms with Crippen molar-refractivity contribution in [2.75, 3.05) is 34.8 Å². The molecule has 18 heavy (non-hydrogen) atoms. The van der Waals surface area contributed by atoms with Gasteiger partial charge in [0.15, 0.2) is 5.75 Å². The Morgan fingerprint density at radius 2 is 2.28 bits per heavy atom. The topological polar surface area (TPSA) is 59.4 Å². The molecule has 1 atom stereocenters. The van der Waals surface area contributed by atoms with Gasteiger partial charge in [-0.3, -0.25) is 9.48 Å². The third-order valence-electron chi connectivity index (χ3n) is 2.84. The minimum Gasteiger partial charge on any atom is -0.493 e. The average molecular weight is 254 g/mol. The first-order chi connectivity index (χ1) is 8.51. The summed E-state index contributed by atoms with van der Waals surface area (Å²) in [5.74, 6) is 0.520. The van der Waals surface area contributed by atoms with Crippen LogP contribution in [-0.2, 0) is 6.54 Å². The Morgan fingerprint density at radius 3 is 2.78 bits per heavy atom. The maximum Gasteiger partial charge on any atom is 0.201 e. The summed E-state index contributed by atoms with van der Waals surface area (Å²) in [6.07, 6.45) is 1.59. The fourth-order valence-corrected chi connectivity index (χ4v) is 1.57. The van der Waals surface area contributed by atoms with E-state index in [1.165, 1.54) is 0 Å². The second-order valence-electron chi connectivity index (χ2n) is 4.46. The van der Waals surface area contributed by atoms with Gasteiger partial charge in [-0.25, -0.2) is 0 Å². The highest BCUT2D eigenvalue weighted by atomic mass is 16.5. The van der Waals surface area contributed by atoms with Gasteiger partial charge in [0.1, 0.15) is 5.69 Å². The zero-order valence-corrected chi connectivity index (χ0v) is 11.7. The number of carbonyl (C=O) groups excluding carboxylic acids is 1. The highest BCUT2D eigenvalue weighted by Gasteiger charge is 2.23. The molecule has 1 heterocycles. The molecular weight excluding hydrogens is 232 g/mol. The van der Waals surface area contributed by atoms with Crippen LogP contribution in [0.1, 0.15) is 17.4 Å². The van der Waals surface area contributed by atoms with Gasteiger partial charge in [-0.15, -0.1) is 0 Å². The molecule has 6 nitrogen and oxygen atoms in total. The summed E-state index contributed by atoms with van der Waals surface area (Å²) in [4.78, 5) is 14.3. The van der Waals surface area contributed by atoms with Crippen LogP contribution >= 0.6 is 0 Å². The van der Waals surface area contributed by atoms with Crippen LogP contribution in [-0.4, -0.2) is 61.3 Å². The van der Waals surface area contributed by atoms with Crippen molar-refractivity contribution in [2.24, 2.45) is 0 Å². The van der Waals surface area contributed by atoms with Crippen molar-refractivity contribution in [1.82, 2.24) is 20.0 Å². The summed E-state index contributed by atoms with van der Waals surface area (Å²) >= 11 is 0. The number of hydrogen-bond donors (Lipinski definition) is 1. The van der Waals surface area contributed by atoms with Crippen LogP contribution in [0.2, 0.25) is 0 Å². The number of carbonyl (C=O) groups is 1. The lowest BCUT2D eigenvalue weighted by molar-refractivity contribution is 0.0940. The number of ether oxygens (including phenoxy) is 1. The van der Waals surface area contributed by atoms with Crippen molar-refractivity contribution in [1.29, 1.82) is 0 Å². The predicted molar refractivity (Wildman–Crippen MR) is 70.2 cm³/mol. The van der Waals surface area contributed by atoms with Gasteiger partial charge < -0.3 is 15.0 Å². The molecule has 0 spiro atoms. The van der Waals surface area contributed by atoms with Gasteiger partial charge in [-0.1, -0.05) is 0 Å². The van der Waals surface area contributed by atoms with Crippen LogP contribution in [0.5, 0.6) is 5.75 Å². The quantitative estimate of drug-likeness (QED) is 0.707. The number of methoxy groups -OCH3 is 1. The summed E-state index contributed by atoms with van der Waals surface area (Å²) in [5.41, 5.74) is 0.529. The van der Waals surface area contributed by atoms with E-state index in [0.717, 1.165) is 6.54 Å². The van der Waals surface area contributed by atoms with Crippen LogP contribution < -0.4 is 10.1 Å². The molecule has 1 aromatic heterocycles. The first-order valence-electron chi connectivity index (χ1n) is 5.97. The van der Waals surface area contributed by atoms with Crippen LogP contribution in [0.25, 0.3) is 0 Å². The van der Waals surface area contributed by atoms with E-state index in [9.17, 15) is 4.79 Å². The Kier molecular flexibility index (Phi) is 5.30. The standard InChI is InChI=1S/C12H22N4O2/c1-9(13-2)12(17)11-10(18-5)8-14-16(11)7-6-15(3)4/h8-9,13H,6-7H2,1-5H3. The summed E-state index contributed by atoms with van der Waals surface area (Å²) in [7, 11) is 7.28. The van der Waals surface area contributed by atoms with Crippen molar-refractivity contribution < 1.29 is 9.53 Å². The van der Waals surface area contributed by atoms with Crippen LogP contribution in [0, 0.1) is 0 Å². The highest BCUT2D eigenvalue weighted by molar-refractivity contribution is 6.00. The molecule has 102 valence electrons. The number of rotatable bonds is 7. The number of Topliss-reactive ketones (excluding diaryl/α,β-unsaturated/α-hetero) is 1. The lowest BCUT2D eigenvalue weighted by atomic mass is 10.1. The summed E-state index contributed by atoms with van der Waals surface area (Å²) in [6.45, 7) is 3.30. The Bertz CT molecular complexity index is 401. The van der Waals surface area contributed by atoms with E-state index < -0.39 is 0 Å². The fourth-order valence-electron chi connectivity index (χ4n) is 1.57. The first-order valence-corrected chi connectivity index (χ1v) is 5.97. The molecule has 0 radical (unpaired) electrons. The molecule has 1 rings (SSSR count). The smallest absolute Gasteiger partial charge is 0.201 e. The van der Waals surface area contributed by atoms with E-state index in [1.54, 1.807) is 25.0 Å². The number of nitrogens with one attached hydrogen (secondary N) is 1. The molecule has 0 amide bonds. The number of likely N-dealkylation sites (N-methyl/N-ethyl adjacent to an activating group) is 2. The van der Waals surface area contributed by atoms with Crippen molar-refractivity contribution in [3.8, 4) is 5.75 Å². The molecule has 0 aromatic carbocycles. The maximum absolute atomic E-state index is 12.3. The average Bonchev–Trinajstić information content (AvgIpc) is 2.77. The Hall–Kier alpha value is -1.40. The third-order valence-corrected chi connectivity index (χ3v) is 2.84. The second kappa shape index (κ2) is 6.51. The predicted octanol–water partition coefficient (Wildman–Crippen LogP) is 0.244. The maximum atomic E-state index is 12.3. The molecule has 1 N–H and O–H groups in total. The van der Waals surface area contributed by atoms with E-state index in [4.69, 9.17) is 4.74 Å². The molecular formula is C12H22N4O2. The lowest BCUT2D eigenvalue weighted by Crippen LogP contribution is -2.33. The first kappa shape index (κ1) is 14.7. The van der Waals surface area contributed by atoms with Crippen LogP contribution in [0.3, 0.4) is 0 Å². The highest BCUT2D eigenvalue weighted by Crippen LogP contribution is 2.19. The lowest BCUT2D eigenvalue weighted by Gasteiger charge is -2.14. The fraction of sp³-hybridized carbons (Fsp3) is 0.667. The summed E-state index contributed by atoms with van der Waals surface area (Å²) in [5, 5.41) is 7.15. The molecule has 1 aromatic rings. The number of aromatic nitrogens is 2. The van der Waals surface area contributed by atoms with Gasteiger partial charge >= 0.3 is 0 Å². The Balaban J connectivity index is 2.98. The number of hydrogen-bond acceptors (Lipinski definition) is 5. The van der Waals surface area contributed by atoms with Crippen LogP contribution in [0.15, 0.2) is 6.20 Å². The minimum atomic E-state index is -0.256. The SMILES string of the molecule is CNC(C)C(=O)c1c(OC)cnn1CCN(C)C. The van der Waals surface area contributed by atoms with E-state index in [2.05, 4.69) is 10.4 Å².